The number of nitrogens with one attached hydrogen (secondary N) is 1. The summed E-state index contributed by atoms with van der Waals surface area (Å²) in [6, 6.07) is 7.06. The molecule has 0 aliphatic carbocycles. The average molecular weight is 350 g/mol. The van der Waals surface area contributed by atoms with E-state index in [0.717, 1.165) is 24.4 Å². The summed E-state index contributed by atoms with van der Waals surface area (Å²) < 4.78 is 10.9. The van der Waals surface area contributed by atoms with Crippen LogP contribution < -0.4 is 5.32 Å². The summed E-state index contributed by atoms with van der Waals surface area (Å²) in [6.07, 6.45) is 1.82. The first kappa shape index (κ1) is 16.8. The number of carbonyl (C=O) groups is 1. The Balaban J connectivity index is 1.84. The molecule has 128 valence electrons. The third-order valence-electron chi connectivity index (χ3n) is 4.11. The van der Waals surface area contributed by atoms with Crippen molar-refractivity contribution in [2.45, 2.75) is 25.5 Å². The van der Waals surface area contributed by atoms with Crippen molar-refractivity contribution in [1.29, 1.82) is 0 Å². The van der Waals surface area contributed by atoms with Gasteiger partial charge in [-0.1, -0.05) is 11.6 Å². The van der Waals surface area contributed by atoms with Crippen molar-refractivity contribution in [3.05, 3.63) is 46.5 Å². The number of anilines is 1. The van der Waals surface area contributed by atoms with Gasteiger partial charge in [0.25, 0.3) is 5.91 Å². The van der Waals surface area contributed by atoms with Crippen LogP contribution in [-0.2, 0) is 11.3 Å². The van der Waals surface area contributed by atoms with Crippen LogP contribution in [0.2, 0.25) is 5.15 Å². The Kier molecular flexibility index (Phi) is 5.06. The molecule has 0 saturated carbocycles. The molecule has 0 spiro atoms. The van der Waals surface area contributed by atoms with E-state index < -0.39 is 0 Å². The molecule has 1 amide bonds. The van der Waals surface area contributed by atoms with Gasteiger partial charge in [0.15, 0.2) is 0 Å². The van der Waals surface area contributed by atoms with Crippen LogP contribution in [-0.4, -0.2) is 36.5 Å². The second kappa shape index (κ2) is 7.23. The highest BCUT2D eigenvalue weighted by molar-refractivity contribution is 6.29. The number of ether oxygens (including phenoxy) is 1. The third kappa shape index (κ3) is 3.39. The van der Waals surface area contributed by atoms with Gasteiger partial charge in [0, 0.05) is 26.3 Å². The van der Waals surface area contributed by atoms with Crippen LogP contribution in [0.4, 0.5) is 5.82 Å². The number of carbonyl (C=O) groups excluding carboxylic acids is 1. The fourth-order valence-corrected chi connectivity index (χ4v) is 3.22. The number of furan rings is 1. The van der Waals surface area contributed by atoms with Crippen molar-refractivity contribution in [1.82, 2.24) is 9.88 Å². The number of hydrogen-bond acceptors (Lipinski definition) is 5. The maximum absolute atomic E-state index is 12.9. The Labute approximate surface area is 145 Å². The zero-order valence-electron chi connectivity index (χ0n) is 13.7. The smallest absolute Gasteiger partial charge is 0.254 e. The molecular formula is C17H20ClN3O3. The lowest BCUT2D eigenvalue weighted by Crippen LogP contribution is -2.30. The minimum atomic E-state index is -0.0667. The molecular weight excluding hydrogens is 330 g/mol. The Hall–Kier alpha value is -2.05. The van der Waals surface area contributed by atoms with Crippen molar-refractivity contribution < 1.29 is 13.9 Å². The van der Waals surface area contributed by atoms with Crippen LogP contribution in [0, 0.1) is 0 Å². The van der Waals surface area contributed by atoms with Crippen molar-refractivity contribution in [3.63, 3.8) is 0 Å². The topological polar surface area (TPSA) is 67.6 Å². The average Bonchev–Trinajstić information content (AvgIpc) is 3.22. The van der Waals surface area contributed by atoms with Gasteiger partial charge in [-0.3, -0.25) is 4.79 Å². The second-order valence-electron chi connectivity index (χ2n) is 5.71. The van der Waals surface area contributed by atoms with E-state index in [4.69, 9.17) is 20.8 Å². The number of methoxy groups -OCH3 is 1. The van der Waals surface area contributed by atoms with Gasteiger partial charge < -0.3 is 19.4 Å². The number of rotatable bonds is 5. The van der Waals surface area contributed by atoms with E-state index in [1.807, 2.05) is 17.0 Å². The number of pyridine rings is 1. The normalized spacial score (nSPS) is 17.3. The molecule has 7 heteroatoms. The minimum absolute atomic E-state index is 0.0620. The second-order valence-corrected chi connectivity index (χ2v) is 6.09. The highest BCUT2D eigenvalue weighted by Gasteiger charge is 2.33. The fourth-order valence-electron chi connectivity index (χ4n) is 3.01. The first-order chi connectivity index (χ1) is 11.6. The number of aromatic nitrogens is 1. The van der Waals surface area contributed by atoms with E-state index in [9.17, 15) is 4.79 Å². The number of nitrogens with zero attached hydrogens (tertiary/aromatic N) is 2. The van der Waals surface area contributed by atoms with E-state index >= 15 is 0 Å². The van der Waals surface area contributed by atoms with Crippen LogP contribution in [0.25, 0.3) is 0 Å². The molecule has 1 aliphatic heterocycles. The number of halogens is 1. The van der Waals surface area contributed by atoms with Crippen LogP contribution in [0.15, 0.2) is 28.7 Å². The highest BCUT2D eigenvalue weighted by Crippen LogP contribution is 2.34. The lowest BCUT2D eigenvalue weighted by atomic mass is 10.1. The van der Waals surface area contributed by atoms with Gasteiger partial charge in [-0.25, -0.2) is 4.98 Å². The van der Waals surface area contributed by atoms with Gasteiger partial charge in [0.2, 0.25) is 0 Å². The zero-order chi connectivity index (χ0) is 17.1. The van der Waals surface area contributed by atoms with E-state index in [1.54, 1.807) is 26.3 Å². The third-order valence-corrected chi connectivity index (χ3v) is 4.30. The van der Waals surface area contributed by atoms with Crippen LogP contribution in [0.3, 0.4) is 0 Å². The van der Waals surface area contributed by atoms with Gasteiger partial charge in [0.1, 0.15) is 29.1 Å². The SMILES string of the molecule is CNc1cc(C(=O)N2CCC[C@H]2c2ccc(COC)o2)cc(Cl)n1. The summed E-state index contributed by atoms with van der Waals surface area (Å²) >= 11 is 6.02. The van der Waals surface area contributed by atoms with Crippen molar-refractivity contribution >= 4 is 23.3 Å². The Morgan fingerprint density at radius 1 is 1.50 bits per heavy atom. The Morgan fingerprint density at radius 3 is 3.08 bits per heavy atom. The molecule has 0 unspecified atom stereocenters. The standard InChI is InChI=1S/C17H20ClN3O3/c1-19-16-9-11(8-15(18)20-16)17(22)21-7-3-4-13(21)14-6-5-12(24-14)10-23-2/h5-6,8-9,13H,3-4,7,10H2,1-2H3,(H,19,20)/t13-/m0/s1. The molecule has 1 fully saturated rings. The van der Waals surface area contributed by atoms with E-state index in [1.165, 1.54) is 0 Å². The molecule has 3 heterocycles. The van der Waals surface area contributed by atoms with Crippen molar-refractivity contribution in [3.8, 4) is 0 Å². The first-order valence-corrected chi connectivity index (χ1v) is 8.24. The summed E-state index contributed by atoms with van der Waals surface area (Å²) in [6.45, 7) is 1.12. The van der Waals surface area contributed by atoms with Gasteiger partial charge in [-0.05, 0) is 37.1 Å². The van der Waals surface area contributed by atoms with Gasteiger partial charge in [-0.15, -0.1) is 0 Å². The van der Waals surface area contributed by atoms with Crippen molar-refractivity contribution in [2.75, 3.05) is 26.0 Å². The maximum Gasteiger partial charge on any atom is 0.254 e. The highest BCUT2D eigenvalue weighted by atomic mass is 35.5. The minimum Gasteiger partial charge on any atom is -0.461 e. The van der Waals surface area contributed by atoms with Gasteiger partial charge in [0.05, 0.1) is 6.04 Å². The molecule has 3 rings (SSSR count). The fraction of sp³-hybridized carbons (Fsp3) is 0.412. The van der Waals surface area contributed by atoms with E-state index in [0.29, 0.717) is 29.7 Å². The molecule has 1 N–H and O–H groups in total. The summed E-state index contributed by atoms with van der Waals surface area (Å²) in [4.78, 5) is 18.9. The molecule has 2 aromatic rings. The predicted molar refractivity (Wildman–Crippen MR) is 91.2 cm³/mol. The van der Waals surface area contributed by atoms with Crippen molar-refractivity contribution in [2.24, 2.45) is 0 Å². The molecule has 2 aromatic heterocycles. The number of hydrogen-bond donors (Lipinski definition) is 1. The molecule has 0 aromatic carbocycles. The Morgan fingerprint density at radius 2 is 2.33 bits per heavy atom. The van der Waals surface area contributed by atoms with Crippen LogP contribution >= 0.6 is 11.6 Å². The number of amides is 1. The van der Waals surface area contributed by atoms with E-state index in [2.05, 4.69) is 10.3 Å². The monoisotopic (exact) mass is 349 g/mol. The molecule has 6 nitrogen and oxygen atoms in total. The molecule has 1 saturated heterocycles. The van der Waals surface area contributed by atoms with Crippen LogP contribution in [0.1, 0.15) is 40.8 Å². The molecule has 0 bridgehead atoms. The lowest BCUT2D eigenvalue weighted by molar-refractivity contribution is 0.0715. The Bertz CT molecular complexity index is 732. The van der Waals surface area contributed by atoms with E-state index in [-0.39, 0.29) is 11.9 Å². The molecule has 1 aliphatic rings. The molecule has 0 radical (unpaired) electrons. The summed E-state index contributed by atoms with van der Waals surface area (Å²) in [5.74, 6) is 2.06. The summed E-state index contributed by atoms with van der Waals surface area (Å²) in [5, 5.41) is 3.21. The first-order valence-electron chi connectivity index (χ1n) is 7.86. The largest absolute Gasteiger partial charge is 0.461 e. The summed E-state index contributed by atoms with van der Waals surface area (Å²) in [7, 11) is 3.37. The number of likely N-dealkylation sites (tertiary alicyclic amines) is 1. The van der Waals surface area contributed by atoms with Gasteiger partial charge in [-0.2, -0.15) is 0 Å². The maximum atomic E-state index is 12.9. The quantitative estimate of drug-likeness (QED) is 0.837. The predicted octanol–water partition coefficient (Wildman–Crippen LogP) is 3.49. The molecule has 24 heavy (non-hydrogen) atoms. The lowest BCUT2D eigenvalue weighted by Gasteiger charge is -2.23. The summed E-state index contributed by atoms with van der Waals surface area (Å²) in [5.41, 5.74) is 0.523. The van der Waals surface area contributed by atoms with Crippen LogP contribution in [0.5, 0.6) is 0 Å². The zero-order valence-corrected chi connectivity index (χ0v) is 14.5. The molecule has 1 atom stereocenters. The van der Waals surface area contributed by atoms with Gasteiger partial charge >= 0.3 is 0 Å².